The Morgan fingerprint density at radius 3 is 2.23 bits per heavy atom. The molecule has 2 aliphatic heterocycles. The number of aromatic nitrogens is 3. The number of carbonyl (C=O) groups excluding carboxylic acids is 1. The van der Waals surface area contributed by atoms with Crippen molar-refractivity contribution in [2.75, 3.05) is 69.8 Å². The molecular formula is C27H29ClN6O4S. The number of hydrogen-bond acceptors (Lipinski definition) is 10. The molecule has 0 radical (unpaired) electrons. The predicted molar refractivity (Wildman–Crippen MR) is 152 cm³/mol. The third-order valence-electron chi connectivity index (χ3n) is 6.13. The van der Waals surface area contributed by atoms with Crippen LogP contribution < -0.4 is 15.4 Å². The normalized spacial score (nSPS) is 15.5. The van der Waals surface area contributed by atoms with E-state index in [0.29, 0.717) is 42.8 Å². The summed E-state index contributed by atoms with van der Waals surface area (Å²) in [5, 5.41) is 1.50. The number of nitrogen functional groups attached to an aromatic ring is 1. The fraction of sp³-hybridized carbons (Fsp3) is 0.333. The van der Waals surface area contributed by atoms with Crippen molar-refractivity contribution in [3.63, 3.8) is 0 Å². The molecule has 0 atom stereocenters. The molecular weight excluding hydrogens is 540 g/mol. The molecule has 2 aromatic carbocycles. The van der Waals surface area contributed by atoms with Gasteiger partial charge >= 0.3 is 0 Å². The summed E-state index contributed by atoms with van der Waals surface area (Å²) in [5.41, 5.74) is 7.76. The highest BCUT2D eigenvalue weighted by molar-refractivity contribution is 7.21. The van der Waals surface area contributed by atoms with E-state index < -0.39 is 0 Å². The van der Waals surface area contributed by atoms with Crippen LogP contribution in [0.2, 0.25) is 5.02 Å². The van der Waals surface area contributed by atoms with Gasteiger partial charge in [0.25, 0.3) is 5.91 Å². The van der Waals surface area contributed by atoms with E-state index in [1.165, 1.54) is 11.3 Å². The molecule has 0 bridgehead atoms. The Labute approximate surface area is 235 Å². The number of halogens is 1. The lowest BCUT2D eigenvalue weighted by atomic mass is 10.2. The van der Waals surface area contributed by atoms with Crippen LogP contribution in [0.4, 0.5) is 11.8 Å². The Kier molecular flexibility index (Phi) is 9.04. The maximum absolute atomic E-state index is 12.6. The predicted octanol–water partition coefficient (Wildman–Crippen LogP) is 3.75. The lowest BCUT2D eigenvalue weighted by Crippen LogP contribution is -2.50. The zero-order valence-electron chi connectivity index (χ0n) is 21.3. The molecule has 1 amide bonds. The minimum absolute atomic E-state index is 0.0150. The summed E-state index contributed by atoms with van der Waals surface area (Å²) in [5.74, 6) is 1.48. The molecule has 0 unspecified atom stereocenters. The summed E-state index contributed by atoms with van der Waals surface area (Å²) in [4.78, 5) is 30.9. The molecule has 204 valence electrons. The number of carbonyl (C=O) groups is 1. The van der Waals surface area contributed by atoms with E-state index in [-0.39, 0.29) is 18.5 Å². The number of benzene rings is 2. The first-order valence-corrected chi connectivity index (χ1v) is 13.8. The van der Waals surface area contributed by atoms with Crippen molar-refractivity contribution in [2.45, 2.75) is 0 Å². The van der Waals surface area contributed by atoms with Crippen molar-refractivity contribution in [3.05, 3.63) is 59.6 Å². The number of rotatable bonds is 5. The zero-order chi connectivity index (χ0) is 27.0. The smallest absolute Gasteiger partial charge is 0.260 e. The average Bonchev–Trinajstić information content (AvgIpc) is 3.42. The zero-order valence-corrected chi connectivity index (χ0v) is 22.9. The molecule has 10 nitrogen and oxygen atoms in total. The minimum atomic E-state index is -0.0584. The van der Waals surface area contributed by atoms with Crippen LogP contribution in [-0.4, -0.2) is 85.0 Å². The fourth-order valence-corrected chi connectivity index (χ4v) is 5.20. The van der Waals surface area contributed by atoms with E-state index >= 15 is 0 Å². The molecule has 0 aliphatic carbocycles. The van der Waals surface area contributed by atoms with Gasteiger partial charge in [0.05, 0.1) is 26.4 Å². The van der Waals surface area contributed by atoms with Crippen molar-refractivity contribution in [1.29, 1.82) is 0 Å². The standard InChI is InChI=1S/C23H21ClN6O2S.C4H8O2/c24-16-6-8-17(9-7-16)32-14-18(31)29-10-12-30(13-11-29)20-19-22(28-23(25)27-20)33-21(26-19)15-4-2-1-3-5-15;1-2-6-4-3-5-1/h1-9H,10-14H2,(H2,25,27,28);1-4H2. The number of fused-ring (bicyclic) bond motifs is 1. The number of amides is 1. The average molecular weight is 569 g/mol. The quantitative estimate of drug-likeness (QED) is 0.384. The Morgan fingerprint density at radius 1 is 0.923 bits per heavy atom. The summed E-state index contributed by atoms with van der Waals surface area (Å²) in [6.45, 7) is 5.46. The highest BCUT2D eigenvalue weighted by Crippen LogP contribution is 2.34. The van der Waals surface area contributed by atoms with Gasteiger partial charge in [0.15, 0.2) is 17.3 Å². The first-order valence-electron chi connectivity index (χ1n) is 12.6. The van der Waals surface area contributed by atoms with Crippen LogP contribution in [-0.2, 0) is 14.3 Å². The highest BCUT2D eigenvalue weighted by Gasteiger charge is 2.25. The van der Waals surface area contributed by atoms with Crippen molar-refractivity contribution in [3.8, 4) is 16.3 Å². The van der Waals surface area contributed by atoms with E-state index in [1.807, 2.05) is 30.3 Å². The summed E-state index contributed by atoms with van der Waals surface area (Å²) >= 11 is 7.38. The van der Waals surface area contributed by atoms with Crippen molar-refractivity contribution >= 4 is 51.0 Å². The summed E-state index contributed by atoms with van der Waals surface area (Å²) in [6.07, 6.45) is 0. The molecule has 0 saturated carbocycles. The van der Waals surface area contributed by atoms with Gasteiger partial charge in [-0.15, -0.1) is 0 Å². The lowest BCUT2D eigenvalue weighted by Gasteiger charge is -2.35. The number of anilines is 2. The number of ether oxygens (including phenoxy) is 3. The van der Waals surface area contributed by atoms with Gasteiger partial charge in [-0.2, -0.15) is 4.98 Å². The largest absolute Gasteiger partial charge is 0.484 e. The van der Waals surface area contributed by atoms with E-state index in [1.54, 1.807) is 29.2 Å². The number of nitrogens with two attached hydrogens (primary N) is 1. The second kappa shape index (κ2) is 13.0. The number of piperazine rings is 1. The molecule has 6 rings (SSSR count). The van der Waals surface area contributed by atoms with Crippen LogP contribution in [0.5, 0.6) is 5.75 Å². The first kappa shape index (κ1) is 27.1. The first-order chi connectivity index (χ1) is 19.1. The number of hydrogen-bond donors (Lipinski definition) is 1. The molecule has 4 heterocycles. The Balaban J connectivity index is 0.000000455. The van der Waals surface area contributed by atoms with E-state index in [0.717, 1.165) is 47.3 Å². The Bertz CT molecular complexity index is 1370. The van der Waals surface area contributed by atoms with Crippen molar-refractivity contribution in [1.82, 2.24) is 19.9 Å². The fourth-order valence-electron chi connectivity index (χ4n) is 4.12. The summed E-state index contributed by atoms with van der Waals surface area (Å²) < 4.78 is 15.5. The molecule has 2 fully saturated rings. The van der Waals surface area contributed by atoms with Gasteiger partial charge in [0.1, 0.15) is 16.3 Å². The summed E-state index contributed by atoms with van der Waals surface area (Å²) in [6, 6.07) is 16.9. The van der Waals surface area contributed by atoms with Crippen molar-refractivity contribution < 1.29 is 19.0 Å². The van der Waals surface area contributed by atoms with Gasteiger partial charge < -0.3 is 29.7 Å². The van der Waals surface area contributed by atoms with Gasteiger partial charge in [-0.25, -0.2) is 9.97 Å². The third kappa shape index (κ3) is 7.12. The molecule has 0 spiro atoms. The van der Waals surface area contributed by atoms with Gasteiger partial charge in [0.2, 0.25) is 5.95 Å². The van der Waals surface area contributed by atoms with Gasteiger partial charge in [-0.3, -0.25) is 4.79 Å². The monoisotopic (exact) mass is 568 g/mol. The van der Waals surface area contributed by atoms with Crippen molar-refractivity contribution in [2.24, 2.45) is 0 Å². The van der Waals surface area contributed by atoms with Crippen LogP contribution in [0.3, 0.4) is 0 Å². The number of nitrogens with zero attached hydrogens (tertiary/aromatic N) is 5. The molecule has 12 heteroatoms. The molecule has 39 heavy (non-hydrogen) atoms. The van der Waals surface area contributed by atoms with Crippen LogP contribution in [0.1, 0.15) is 0 Å². The molecule has 2 N–H and O–H groups in total. The maximum Gasteiger partial charge on any atom is 0.260 e. The Hall–Kier alpha value is -3.51. The van der Waals surface area contributed by atoms with Gasteiger partial charge in [-0.1, -0.05) is 53.3 Å². The van der Waals surface area contributed by atoms with E-state index in [4.69, 9.17) is 36.5 Å². The summed E-state index contributed by atoms with van der Waals surface area (Å²) in [7, 11) is 0. The van der Waals surface area contributed by atoms with Crippen LogP contribution in [0.25, 0.3) is 20.9 Å². The number of thiazole rings is 1. The highest BCUT2D eigenvalue weighted by atomic mass is 35.5. The Morgan fingerprint density at radius 2 is 1.59 bits per heavy atom. The van der Waals surface area contributed by atoms with Crippen LogP contribution in [0, 0.1) is 0 Å². The van der Waals surface area contributed by atoms with Gasteiger partial charge in [-0.05, 0) is 24.3 Å². The molecule has 2 aromatic heterocycles. The molecule has 2 aliphatic rings. The third-order valence-corrected chi connectivity index (χ3v) is 7.38. The van der Waals surface area contributed by atoms with Crippen LogP contribution >= 0.6 is 22.9 Å². The second-order valence-electron chi connectivity index (χ2n) is 8.78. The second-order valence-corrected chi connectivity index (χ2v) is 10.2. The van der Waals surface area contributed by atoms with Crippen LogP contribution in [0.15, 0.2) is 54.6 Å². The van der Waals surface area contributed by atoms with Gasteiger partial charge in [0, 0.05) is 36.8 Å². The molecule has 4 aromatic rings. The van der Waals surface area contributed by atoms with E-state index in [9.17, 15) is 4.79 Å². The minimum Gasteiger partial charge on any atom is -0.484 e. The topological polar surface area (TPSA) is 116 Å². The molecule has 2 saturated heterocycles. The lowest BCUT2D eigenvalue weighted by molar-refractivity contribution is -0.133. The van der Waals surface area contributed by atoms with E-state index in [2.05, 4.69) is 14.9 Å². The maximum atomic E-state index is 12.6. The SMILES string of the molecule is C1COCCO1.Nc1nc(N2CCN(C(=O)COc3ccc(Cl)cc3)CC2)c2nc(-c3ccccc3)sc2n1.